The van der Waals surface area contributed by atoms with E-state index in [0.29, 0.717) is 0 Å². The average molecular weight is 222 g/mol. The van der Waals surface area contributed by atoms with Crippen molar-refractivity contribution in [3.8, 4) is 0 Å². The summed E-state index contributed by atoms with van der Waals surface area (Å²) in [4.78, 5) is 0. The Morgan fingerprint density at radius 1 is 1.31 bits per heavy atom. The second-order valence-corrected chi connectivity index (χ2v) is 5.49. The molecule has 0 N–H and O–H groups in total. The summed E-state index contributed by atoms with van der Waals surface area (Å²) >= 11 is 0. The zero-order valence-corrected chi connectivity index (χ0v) is 11.1. The molecule has 0 saturated carbocycles. The molecule has 0 saturated heterocycles. The van der Waals surface area contributed by atoms with Crippen LogP contribution in [0.2, 0.25) is 0 Å². The lowest BCUT2D eigenvalue weighted by Crippen LogP contribution is -2.21. The maximum atomic E-state index is 5.91. The van der Waals surface area contributed by atoms with Gasteiger partial charge in [-0.3, -0.25) is 0 Å². The summed E-state index contributed by atoms with van der Waals surface area (Å²) < 4.78 is 5.91. The summed E-state index contributed by atoms with van der Waals surface area (Å²) in [6, 6.07) is 0. The van der Waals surface area contributed by atoms with E-state index < -0.39 is 0 Å². The van der Waals surface area contributed by atoms with Crippen LogP contribution in [0.3, 0.4) is 0 Å². The van der Waals surface area contributed by atoms with Crippen LogP contribution in [0.5, 0.6) is 0 Å². The highest BCUT2D eigenvalue weighted by atomic mass is 16.5. The first-order chi connectivity index (χ1) is 7.56. The van der Waals surface area contributed by atoms with E-state index in [9.17, 15) is 0 Å². The van der Waals surface area contributed by atoms with Crippen molar-refractivity contribution < 1.29 is 4.74 Å². The SMILES string of the molecule is C=C1CC=C(OCCCCCC)C(C)(C)C1. The minimum Gasteiger partial charge on any atom is -0.498 e. The van der Waals surface area contributed by atoms with Crippen molar-refractivity contribution in [2.24, 2.45) is 5.41 Å². The van der Waals surface area contributed by atoms with Crippen molar-refractivity contribution >= 4 is 0 Å². The molecular weight excluding hydrogens is 196 g/mol. The van der Waals surface area contributed by atoms with Crippen molar-refractivity contribution in [1.82, 2.24) is 0 Å². The van der Waals surface area contributed by atoms with Gasteiger partial charge in [-0.15, -0.1) is 0 Å². The Balaban J connectivity index is 2.33. The van der Waals surface area contributed by atoms with E-state index in [1.807, 2.05) is 0 Å². The van der Waals surface area contributed by atoms with E-state index in [4.69, 9.17) is 4.74 Å². The zero-order valence-electron chi connectivity index (χ0n) is 11.1. The number of hydrogen-bond acceptors (Lipinski definition) is 1. The molecule has 0 aromatic carbocycles. The van der Waals surface area contributed by atoms with E-state index in [-0.39, 0.29) is 5.41 Å². The summed E-state index contributed by atoms with van der Waals surface area (Å²) in [5.41, 5.74) is 1.48. The maximum absolute atomic E-state index is 5.91. The molecule has 16 heavy (non-hydrogen) atoms. The number of unbranched alkanes of at least 4 members (excludes halogenated alkanes) is 3. The predicted octanol–water partition coefficient (Wildman–Crippen LogP) is 4.84. The topological polar surface area (TPSA) is 9.23 Å². The predicted molar refractivity (Wildman–Crippen MR) is 70.3 cm³/mol. The fourth-order valence-electron chi connectivity index (χ4n) is 2.26. The third-order valence-corrected chi connectivity index (χ3v) is 3.19. The quantitative estimate of drug-likeness (QED) is 0.461. The molecule has 0 atom stereocenters. The summed E-state index contributed by atoms with van der Waals surface area (Å²) in [7, 11) is 0. The molecular formula is C15H26O. The van der Waals surface area contributed by atoms with Crippen LogP contribution >= 0.6 is 0 Å². The molecule has 0 bridgehead atoms. The Morgan fingerprint density at radius 3 is 2.69 bits per heavy atom. The van der Waals surface area contributed by atoms with Gasteiger partial charge in [-0.1, -0.05) is 52.2 Å². The van der Waals surface area contributed by atoms with Gasteiger partial charge < -0.3 is 4.74 Å². The molecule has 1 rings (SSSR count). The van der Waals surface area contributed by atoms with Crippen LogP contribution in [0.1, 0.15) is 59.3 Å². The Kier molecular flexibility index (Phi) is 5.11. The largest absolute Gasteiger partial charge is 0.498 e. The van der Waals surface area contributed by atoms with Crippen LogP contribution in [0, 0.1) is 5.41 Å². The number of allylic oxidation sites excluding steroid dienone is 3. The average Bonchev–Trinajstić information content (AvgIpc) is 2.19. The van der Waals surface area contributed by atoms with Crippen molar-refractivity contribution in [3.63, 3.8) is 0 Å². The van der Waals surface area contributed by atoms with Gasteiger partial charge in [0.2, 0.25) is 0 Å². The molecule has 1 aliphatic carbocycles. The van der Waals surface area contributed by atoms with Crippen molar-refractivity contribution in [1.29, 1.82) is 0 Å². The maximum Gasteiger partial charge on any atom is 0.0982 e. The second kappa shape index (κ2) is 6.12. The van der Waals surface area contributed by atoms with Crippen molar-refractivity contribution in [2.75, 3.05) is 6.61 Å². The highest BCUT2D eigenvalue weighted by Gasteiger charge is 2.28. The molecule has 0 aromatic rings. The molecule has 1 aliphatic rings. The standard InChI is InChI=1S/C15H26O/c1-5-6-7-8-11-16-14-10-9-13(2)12-15(14,3)4/h10H,2,5-9,11-12H2,1,3-4H3. The molecule has 0 radical (unpaired) electrons. The molecule has 1 heteroatoms. The van der Waals surface area contributed by atoms with Gasteiger partial charge in [-0.25, -0.2) is 0 Å². The minimum atomic E-state index is 0.153. The number of hydrogen-bond donors (Lipinski definition) is 0. The molecule has 0 heterocycles. The van der Waals surface area contributed by atoms with Gasteiger partial charge in [-0.2, -0.15) is 0 Å². The molecule has 0 unspecified atom stereocenters. The minimum absolute atomic E-state index is 0.153. The van der Waals surface area contributed by atoms with Gasteiger partial charge in [-0.05, 0) is 25.3 Å². The third-order valence-electron chi connectivity index (χ3n) is 3.19. The lowest BCUT2D eigenvalue weighted by atomic mass is 9.79. The third kappa shape index (κ3) is 4.03. The number of ether oxygens (including phenoxy) is 1. The van der Waals surface area contributed by atoms with E-state index in [1.165, 1.54) is 37.0 Å². The monoisotopic (exact) mass is 222 g/mol. The van der Waals surface area contributed by atoms with Crippen LogP contribution in [0.4, 0.5) is 0 Å². The Hall–Kier alpha value is -0.720. The Morgan fingerprint density at radius 2 is 2.06 bits per heavy atom. The smallest absolute Gasteiger partial charge is 0.0982 e. The molecule has 0 fully saturated rings. The molecule has 0 aromatic heterocycles. The van der Waals surface area contributed by atoms with Gasteiger partial charge in [0.05, 0.1) is 12.4 Å². The van der Waals surface area contributed by atoms with Crippen LogP contribution in [0.15, 0.2) is 24.0 Å². The zero-order chi connectivity index (χ0) is 12.0. The Labute approximate surface area is 101 Å². The highest BCUT2D eigenvalue weighted by Crippen LogP contribution is 2.39. The summed E-state index contributed by atoms with van der Waals surface area (Å²) in [6.07, 6.45) is 9.35. The van der Waals surface area contributed by atoms with Gasteiger partial charge >= 0.3 is 0 Å². The normalized spacial score (nSPS) is 19.4. The fraction of sp³-hybridized carbons (Fsp3) is 0.733. The van der Waals surface area contributed by atoms with Gasteiger partial charge in [0.25, 0.3) is 0 Å². The van der Waals surface area contributed by atoms with E-state index >= 15 is 0 Å². The van der Waals surface area contributed by atoms with Gasteiger partial charge in [0.1, 0.15) is 0 Å². The molecule has 0 aliphatic heterocycles. The summed E-state index contributed by atoms with van der Waals surface area (Å²) in [5.74, 6) is 1.18. The van der Waals surface area contributed by atoms with E-state index in [2.05, 4.69) is 33.4 Å². The van der Waals surface area contributed by atoms with E-state index in [1.54, 1.807) is 0 Å². The molecule has 0 spiro atoms. The molecule has 92 valence electrons. The van der Waals surface area contributed by atoms with Crippen LogP contribution in [-0.4, -0.2) is 6.61 Å². The Bertz CT molecular complexity index is 261. The highest BCUT2D eigenvalue weighted by molar-refractivity contribution is 5.20. The van der Waals surface area contributed by atoms with Crippen LogP contribution in [0.25, 0.3) is 0 Å². The summed E-state index contributed by atoms with van der Waals surface area (Å²) in [5, 5.41) is 0. The van der Waals surface area contributed by atoms with Crippen LogP contribution in [-0.2, 0) is 4.74 Å². The second-order valence-electron chi connectivity index (χ2n) is 5.49. The lowest BCUT2D eigenvalue weighted by Gasteiger charge is -2.32. The fourth-order valence-corrected chi connectivity index (χ4v) is 2.26. The first-order valence-corrected chi connectivity index (χ1v) is 6.56. The summed E-state index contributed by atoms with van der Waals surface area (Å²) in [6.45, 7) is 11.7. The van der Waals surface area contributed by atoms with Gasteiger partial charge in [0, 0.05) is 5.41 Å². The molecule has 1 nitrogen and oxygen atoms in total. The number of rotatable bonds is 6. The first kappa shape index (κ1) is 13.3. The van der Waals surface area contributed by atoms with E-state index in [0.717, 1.165) is 19.4 Å². The first-order valence-electron chi connectivity index (χ1n) is 6.56. The molecule has 0 amide bonds. The van der Waals surface area contributed by atoms with Crippen molar-refractivity contribution in [3.05, 3.63) is 24.0 Å². The van der Waals surface area contributed by atoms with Crippen molar-refractivity contribution in [2.45, 2.75) is 59.3 Å². The lowest BCUT2D eigenvalue weighted by molar-refractivity contribution is 0.133. The van der Waals surface area contributed by atoms with Crippen LogP contribution < -0.4 is 0 Å². The van der Waals surface area contributed by atoms with Gasteiger partial charge in [0.15, 0.2) is 0 Å².